The van der Waals surface area contributed by atoms with Crippen molar-refractivity contribution < 1.29 is 85.0 Å². The van der Waals surface area contributed by atoms with Gasteiger partial charge in [-0.2, -0.15) is 0 Å². The summed E-state index contributed by atoms with van der Waals surface area (Å²) >= 11 is 0. The molecule has 2 saturated carbocycles. The molecule has 0 radical (unpaired) electrons. The van der Waals surface area contributed by atoms with Crippen LogP contribution in [-0.4, -0.2) is 185 Å². The molecular formula is C27H46O17. The Balaban J connectivity index is 1.37. The molecule has 17 heteroatoms. The van der Waals surface area contributed by atoms with Crippen LogP contribution in [0.1, 0.15) is 32.1 Å². The zero-order chi connectivity index (χ0) is 32.0. The minimum atomic E-state index is -1.75. The Morgan fingerprint density at radius 2 is 1.05 bits per heavy atom. The first-order chi connectivity index (χ1) is 20.8. The number of aliphatic hydroxyl groups is 12. The van der Waals surface area contributed by atoms with Crippen molar-refractivity contribution in [1.29, 1.82) is 0 Å². The van der Waals surface area contributed by atoms with Crippen LogP contribution >= 0.6 is 0 Å². The molecule has 3 aliphatic heterocycles. The van der Waals surface area contributed by atoms with Gasteiger partial charge in [-0.25, -0.2) is 0 Å². The van der Waals surface area contributed by atoms with Gasteiger partial charge in [-0.05, 0) is 38.0 Å². The third-order valence-corrected chi connectivity index (χ3v) is 9.83. The lowest BCUT2D eigenvalue weighted by molar-refractivity contribution is -0.338. The van der Waals surface area contributed by atoms with Crippen LogP contribution < -0.4 is 0 Å². The van der Waals surface area contributed by atoms with E-state index in [9.17, 15) is 61.3 Å². The predicted molar refractivity (Wildman–Crippen MR) is 140 cm³/mol. The summed E-state index contributed by atoms with van der Waals surface area (Å²) < 4.78 is 29.3. The van der Waals surface area contributed by atoms with E-state index in [1.54, 1.807) is 0 Å². The fraction of sp³-hybridized carbons (Fsp3) is 1.00. The molecule has 44 heavy (non-hydrogen) atoms. The van der Waals surface area contributed by atoms with E-state index in [-0.39, 0.29) is 32.1 Å². The van der Waals surface area contributed by atoms with E-state index in [0.717, 1.165) is 0 Å². The third kappa shape index (κ3) is 6.81. The molecule has 12 N–H and O–H groups in total. The molecule has 0 spiro atoms. The van der Waals surface area contributed by atoms with Crippen LogP contribution in [0.2, 0.25) is 0 Å². The lowest BCUT2D eigenvalue weighted by Crippen LogP contribution is -2.63. The third-order valence-electron chi connectivity index (χ3n) is 9.83. The Morgan fingerprint density at radius 1 is 0.500 bits per heavy atom. The van der Waals surface area contributed by atoms with E-state index in [0.29, 0.717) is 0 Å². The van der Waals surface area contributed by atoms with Gasteiger partial charge in [0.25, 0.3) is 0 Å². The molecule has 0 aromatic rings. The quantitative estimate of drug-likeness (QED) is 0.123. The first-order valence-corrected chi connectivity index (χ1v) is 15.1. The van der Waals surface area contributed by atoms with Crippen LogP contribution in [0.25, 0.3) is 0 Å². The standard InChI is InChI=1S/C27H46O17/c28-6-16-19(34)21(36)23(38)26(43-16)41-14-2-8(1-12(32)18(14)33)25-15(5-10-11(31)3-9(30)4-13(10)40-25)42-27-24(39)22(37)20(35)17(7-29)44-27/h8-39H,1-7H2/t8?,9?,10?,11?,12?,13?,14?,15?,16-,17-,18?,19-,20-,21+,22+,23-,24-,25?,26-,27-/m0/s1. The SMILES string of the molecule is OC[C@@H]1O[C@H](OC2CC(C3OC4CC(O)CC(O)C4CC3O[C@H]3O[C@@H](CO)[C@H](O)[C@@H](O)[C@@H]3O)CC(O)C2O)[C@@H](O)[C@H](O)[C@H]1O. The smallest absolute Gasteiger partial charge is 0.187 e. The second-order valence-electron chi connectivity index (χ2n) is 12.8. The van der Waals surface area contributed by atoms with Crippen molar-refractivity contribution in [3.63, 3.8) is 0 Å². The Morgan fingerprint density at radius 3 is 1.59 bits per heavy atom. The van der Waals surface area contributed by atoms with Gasteiger partial charge >= 0.3 is 0 Å². The fourth-order valence-corrected chi connectivity index (χ4v) is 7.29. The summed E-state index contributed by atoms with van der Waals surface area (Å²) in [6, 6.07) is 0. The van der Waals surface area contributed by atoms with Gasteiger partial charge in [0.15, 0.2) is 12.6 Å². The summed E-state index contributed by atoms with van der Waals surface area (Å²) in [6.07, 6.45) is -23.7. The van der Waals surface area contributed by atoms with Crippen LogP contribution in [0.4, 0.5) is 0 Å². The van der Waals surface area contributed by atoms with Crippen molar-refractivity contribution in [2.24, 2.45) is 11.8 Å². The number of aliphatic hydroxyl groups excluding tert-OH is 12. The molecule has 256 valence electrons. The molecule has 3 heterocycles. The van der Waals surface area contributed by atoms with Gasteiger partial charge < -0.3 is 85.0 Å². The van der Waals surface area contributed by atoms with E-state index >= 15 is 0 Å². The van der Waals surface area contributed by atoms with Crippen LogP contribution in [0.5, 0.6) is 0 Å². The lowest BCUT2D eigenvalue weighted by atomic mass is 9.72. The number of rotatable bonds is 7. The number of hydrogen-bond donors (Lipinski definition) is 12. The average molecular weight is 643 g/mol. The largest absolute Gasteiger partial charge is 0.394 e. The first kappa shape index (κ1) is 34.6. The van der Waals surface area contributed by atoms with Crippen molar-refractivity contribution in [2.75, 3.05) is 13.2 Å². The van der Waals surface area contributed by atoms with Crippen molar-refractivity contribution in [1.82, 2.24) is 0 Å². The molecule has 0 aromatic carbocycles. The minimum absolute atomic E-state index is 0.0189. The molecule has 10 unspecified atom stereocenters. The van der Waals surface area contributed by atoms with Crippen molar-refractivity contribution in [3.05, 3.63) is 0 Å². The maximum absolute atomic E-state index is 10.8. The van der Waals surface area contributed by atoms with Crippen LogP contribution in [0.3, 0.4) is 0 Å². The van der Waals surface area contributed by atoms with E-state index < -0.39 is 135 Å². The Hall–Kier alpha value is -0.680. The second kappa shape index (κ2) is 14.2. The highest BCUT2D eigenvalue weighted by Crippen LogP contribution is 2.44. The molecule has 0 amide bonds. The summed E-state index contributed by atoms with van der Waals surface area (Å²) in [5.41, 5.74) is 0. The zero-order valence-electron chi connectivity index (χ0n) is 23.9. The normalized spacial score (nSPS) is 55.4. The van der Waals surface area contributed by atoms with Gasteiger partial charge in [-0.15, -0.1) is 0 Å². The monoisotopic (exact) mass is 642 g/mol. The minimum Gasteiger partial charge on any atom is -0.394 e. The number of ether oxygens (including phenoxy) is 5. The molecule has 5 fully saturated rings. The summed E-state index contributed by atoms with van der Waals surface area (Å²) in [6.45, 7) is -1.38. The van der Waals surface area contributed by atoms with Gasteiger partial charge in [0.1, 0.15) is 54.9 Å². The van der Waals surface area contributed by atoms with Crippen molar-refractivity contribution in [3.8, 4) is 0 Å². The Kier molecular flexibility index (Phi) is 11.2. The summed E-state index contributed by atoms with van der Waals surface area (Å²) in [7, 11) is 0. The summed E-state index contributed by atoms with van der Waals surface area (Å²) in [5.74, 6) is -1.14. The first-order valence-electron chi connectivity index (χ1n) is 15.1. The van der Waals surface area contributed by atoms with Crippen LogP contribution in [0, 0.1) is 11.8 Å². The van der Waals surface area contributed by atoms with E-state index in [1.807, 2.05) is 0 Å². The topological polar surface area (TPSA) is 289 Å². The van der Waals surface area contributed by atoms with Crippen LogP contribution in [-0.2, 0) is 23.7 Å². The summed E-state index contributed by atoms with van der Waals surface area (Å²) in [5, 5.41) is 124. The second-order valence-corrected chi connectivity index (χ2v) is 12.8. The maximum atomic E-state index is 10.8. The molecular weight excluding hydrogens is 596 g/mol. The molecule has 5 rings (SSSR count). The number of fused-ring (bicyclic) bond motifs is 1. The molecule has 5 aliphatic rings. The predicted octanol–water partition coefficient (Wildman–Crippen LogP) is -6.22. The Bertz CT molecular complexity index is 927. The molecule has 0 aromatic heterocycles. The molecule has 2 aliphatic carbocycles. The average Bonchev–Trinajstić information content (AvgIpc) is 2.99. The lowest BCUT2D eigenvalue weighted by Gasteiger charge is -2.52. The van der Waals surface area contributed by atoms with Crippen LogP contribution in [0.15, 0.2) is 0 Å². The molecule has 20 atom stereocenters. The van der Waals surface area contributed by atoms with Gasteiger partial charge in [-0.3, -0.25) is 0 Å². The van der Waals surface area contributed by atoms with Crippen molar-refractivity contribution >= 4 is 0 Å². The summed E-state index contributed by atoms with van der Waals surface area (Å²) in [4.78, 5) is 0. The van der Waals surface area contributed by atoms with E-state index in [4.69, 9.17) is 23.7 Å². The van der Waals surface area contributed by atoms with Gasteiger partial charge in [0.05, 0.1) is 55.9 Å². The fourth-order valence-electron chi connectivity index (χ4n) is 7.29. The Labute approximate surface area is 252 Å². The highest BCUT2D eigenvalue weighted by atomic mass is 16.7. The zero-order valence-corrected chi connectivity index (χ0v) is 23.9. The highest BCUT2D eigenvalue weighted by molar-refractivity contribution is 5.01. The van der Waals surface area contributed by atoms with Gasteiger partial charge in [-0.1, -0.05) is 0 Å². The number of hydrogen-bond acceptors (Lipinski definition) is 17. The molecule has 0 bridgehead atoms. The van der Waals surface area contributed by atoms with E-state index in [1.165, 1.54) is 0 Å². The maximum Gasteiger partial charge on any atom is 0.187 e. The van der Waals surface area contributed by atoms with E-state index in [2.05, 4.69) is 0 Å². The van der Waals surface area contributed by atoms with Gasteiger partial charge in [0, 0.05) is 5.92 Å². The molecule has 3 saturated heterocycles. The van der Waals surface area contributed by atoms with Crippen molar-refractivity contribution in [2.45, 2.75) is 142 Å². The van der Waals surface area contributed by atoms with Gasteiger partial charge in [0.2, 0.25) is 0 Å². The highest BCUT2D eigenvalue weighted by Gasteiger charge is 2.54. The molecule has 17 nitrogen and oxygen atoms in total.